The summed E-state index contributed by atoms with van der Waals surface area (Å²) < 4.78 is 5.46. The molecule has 0 aliphatic heterocycles. The number of amides is 2. The van der Waals surface area contributed by atoms with Gasteiger partial charge in [-0.15, -0.1) is 0 Å². The molecule has 1 N–H and O–H groups in total. The highest BCUT2D eigenvalue weighted by atomic mass is 16.3. The van der Waals surface area contributed by atoms with Crippen LogP contribution in [0.4, 0.5) is 0 Å². The van der Waals surface area contributed by atoms with Gasteiger partial charge in [0, 0.05) is 25.6 Å². The van der Waals surface area contributed by atoms with Crippen molar-refractivity contribution in [3.63, 3.8) is 0 Å². The molecule has 5 heteroatoms. The van der Waals surface area contributed by atoms with Crippen molar-refractivity contribution in [3.8, 4) is 0 Å². The maximum Gasteiger partial charge on any atom is 0.257 e. The highest BCUT2D eigenvalue weighted by Gasteiger charge is 2.34. The zero-order chi connectivity index (χ0) is 16.8. The normalized spacial score (nSPS) is 13.9. The second kappa shape index (κ2) is 8.18. The Hall–Kier alpha value is -1.78. The largest absolute Gasteiger partial charge is 0.466 e. The van der Waals surface area contributed by atoms with E-state index in [1.165, 1.54) is 0 Å². The van der Waals surface area contributed by atoms with Crippen LogP contribution in [0.2, 0.25) is 0 Å². The number of carbonyl (C=O) groups is 2. The van der Waals surface area contributed by atoms with Gasteiger partial charge in [-0.25, -0.2) is 0 Å². The lowest BCUT2D eigenvalue weighted by atomic mass is 10.2. The molecule has 0 saturated heterocycles. The lowest BCUT2D eigenvalue weighted by Gasteiger charge is -2.22. The summed E-state index contributed by atoms with van der Waals surface area (Å²) >= 11 is 0. The SMILES string of the molecule is CCCCCNC(=O)CCN(C(=O)c1cc(C)oc1C)C1CC1. The van der Waals surface area contributed by atoms with Crippen molar-refractivity contribution in [2.24, 2.45) is 0 Å². The molecule has 1 aromatic rings. The minimum absolute atomic E-state index is 0.0133. The summed E-state index contributed by atoms with van der Waals surface area (Å²) in [5.74, 6) is 1.41. The molecule has 0 unspecified atom stereocenters. The third-order valence-electron chi connectivity index (χ3n) is 4.20. The van der Waals surface area contributed by atoms with Gasteiger partial charge < -0.3 is 14.6 Å². The topological polar surface area (TPSA) is 62.6 Å². The van der Waals surface area contributed by atoms with Crippen LogP contribution in [0.15, 0.2) is 10.5 Å². The first-order valence-corrected chi connectivity index (χ1v) is 8.67. The number of hydrogen-bond donors (Lipinski definition) is 1. The van der Waals surface area contributed by atoms with Gasteiger partial charge in [0.15, 0.2) is 0 Å². The summed E-state index contributed by atoms with van der Waals surface area (Å²) in [5.41, 5.74) is 0.623. The van der Waals surface area contributed by atoms with Crippen LogP contribution in [-0.4, -0.2) is 35.8 Å². The van der Waals surface area contributed by atoms with Gasteiger partial charge in [-0.3, -0.25) is 9.59 Å². The standard InChI is InChI=1S/C18H28N2O3/c1-4-5-6-10-19-17(21)9-11-20(15-7-8-15)18(22)16-12-13(2)23-14(16)3/h12,15H,4-11H2,1-3H3,(H,19,21). The van der Waals surface area contributed by atoms with Gasteiger partial charge in [0.25, 0.3) is 5.91 Å². The van der Waals surface area contributed by atoms with Gasteiger partial charge in [0.1, 0.15) is 11.5 Å². The average molecular weight is 320 g/mol. The molecule has 0 bridgehead atoms. The Kier molecular flexibility index (Phi) is 6.25. The summed E-state index contributed by atoms with van der Waals surface area (Å²) in [5, 5.41) is 2.93. The summed E-state index contributed by atoms with van der Waals surface area (Å²) in [7, 11) is 0. The molecule has 1 saturated carbocycles. The summed E-state index contributed by atoms with van der Waals surface area (Å²) in [6.07, 6.45) is 5.71. The zero-order valence-electron chi connectivity index (χ0n) is 14.5. The third-order valence-corrected chi connectivity index (χ3v) is 4.20. The minimum Gasteiger partial charge on any atom is -0.466 e. The van der Waals surface area contributed by atoms with E-state index in [2.05, 4.69) is 12.2 Å². The molecule has 23 heavy (non-hydrogen) atoms. The third kappa shape index (κ3) is 5.12. The van der Waals surface area contributed by atoms with Gasteiger partial charge in [-0.05, 0) is 39.2 Å². The quantitative estimate of drug-likeness (QED) is 0.711. The first kappa shape index (κ1) is 17.6. The molecule has 0 atom stereocenters. The summed E-state index contributed by atoms with van der Waals surface area (Å²) in [4.78, 5) is 26.5. The maximum atomic E-state index is 12.7. The predicted octanol–water partition coefficient (Wildman–Crippen LogP) is 3.20. The molecule has 0 aromatic carbocycles. The fraction of sp³-hybridized carbons (Fsp3) is 0.667. The van der Waals surface area contributed by atoms with E-state index in [4.69, 9.17) is 4.42 Å². The fourth-order valence-corrected chi connectivity index (χ4v) is 2.75. The van der Waals surface area contributed by atoms with Crippen molar-refractivity contribution in [3.05, 3.63) is 23.2 Å². The zero-order valence-corrected chi connectivity index (χ0v) is 14.5. The predicted molar refractivity (Wildman–Crippen MR) is 89.4 cm³/mol. The Morgan fingerprint density at radius 1 is 1.30 bits per heavy atom. The van der Waals surface area contributed by atoms with Crippen molar-refractivity contribution in [2.45, 2.75) is 65.3 Å². The van der Waals surface area contributed by atoms with Crippen molar-refractivity contribution in [1.82, 2.24) is 10.2 Å². The van der Waals surface area contributed by atoms with Gasteiger partial charge in [-0.2, -0.15) is 0 Å². The number of furan rings is 1. The Labute approximate surface area is 138 Å². The van der Waals surface area contributed by atoms with E-state index >= 15 is 0 Å². The number of hydrogen-bond acceptors (Lipinski definition) is 3. The Bertz CT molecular complexity index is 546. The second-order valence-electron chi connectivity index (χ2n) is 6.36. The van der Waals surface area contributed by atoms with Crippen LogP contribution in [0.5, 0.6) is 0 Å². The molecule has 0 radical (unpaired) electrons. The lowest BCUT2D eigenvalue weighted by molar-refractivity contribution is -0.121. The van der Waals surface area contributed by atoms with Gasteiger partial charge in [0.05, 0.1) is 5.56 Å². The van der Waals surface area contributed by atoms with E-state index in [0.717, 1.165) is 44.4 Å². The Morgan fingerprint density at radius 2 is 2.04 bits per heavy atom. The van der Waals surface area contributed by atoms with Crippen molar-refractivity contribution in [2.75, 3.05) is 13.1 Å². The van der Waals surface area contributed by atoms with Crippen LogP contribution in [0, 0.1) is 13.8 Å². The van der Waals surface area contributed by atoms with E-state index in [-0.39, 0.29) is 17.9 Å². The number of nitrogens with one attached hydrogen (secondary N) is 1. The molecule has 0 spiro atoms. The first-order valence-electron chi connectivity index (χ1n) is 8.67. The van der Waals surface area contributed by atoms with Crippen LogP contribution in [0.25, 0.3) is 0 Å². The average Bonchev–Trinajstić information content (AvgIpc) is 3.28. The van der Waals surface area contributed by atoms with Gasteiger partial charge >= 0.3 is 0 Å². The number of rotatable bonds is 9. The molecule has 2 amide bonds. The molecule has 5 nitrogen and oxygen atoms in total. The molecule has 1 fully saturated rings. The van der Waals surface area contributed by atoms with Gasteiger partial charge in [0.2, 0.25) is 5.91 Å². The second-order valence-corrected chi connectivity index (χ2v) is 6.36. The van der Waals surface area contributed by atoms with Crippen molar-refractivity contribution < 1.29 is 14.0 Å². The maximum absolute atomic E-state index is 12.7. The molecular formula is C18H28N2O3. The smallest absolute Gasteiger partial charge is 0.257 e. The minimum atomic E-state index is -0.0133. The van der Waals surface area contributed by atoms with Crippen molar-refractivity contribution in [1.29, 1.82) is 0 Å². The monoisotopic (exact) mass is 320 g/mol. The number of carbonyl (C=O) groups excluding carboxylic acids is 2. The van der Waals surface area contributed by atoms with Gasteiger partial charge in [-0.1, -0.05) is 19.8 Å². The molecule has 1 aliphatic rings. The Morgan fingerprint density at radius 3 is 2.61 bits per heavy atom. The lowest BCUT2D eigenvalue weighted by Crippen LogP contribution is -2.37. The number of unbranched alkanes of at least 4 members (excludes halogenated alkanes) is 2. The van der Waals surface area contributed by atoms with E-state index < -0.39 is 0 Å². The van der Waals surface area contributed by atoms with Crippen LogP contribution in [0.3, 0.4) is 0 Å². The van der Waals surface area contributed by atoms with E-state index in [1.807, 2.05) is 18.7 Å². The van der Waals surface area contributed by atoms with E-state index in [9.17, 15) is 9.59 Å². The van der Waals surface area contributed by atoms with Crippen molar-refractivity contribution >= 4 is 11.8 Å². The number of aryl methyl sites for hydroxylation is 2. The Balaban J connectivity index is 1.86. The van der Waals surface area contributed by atoms with E-state index in [0.29, 0.717) is 24.3 Å². The molecule has 1 heterocycles. The van der Waals surface area contributed by atoms with Crippen LogP contribution in [-0.2, 0) is 4.79 Å². The molecule has 1 aliphatic carbocycles. The molecule has 128 valence electrons. The number of nitrogens with zero attached hydrogens (tertiary/aromatic N) is 1. The highest BCUT2D eigenvalue weighted by Crippen LogP contribution is 2.29. The first-order chi connectivity index (χ1) is 11.0. The highest BCUT2D eigenvalue weighted by molar-refractivity contribution is 5.96. The fourth-order valence-electron chi connectivity index (χ4n) is 2.75. The summed E-state index contributed by atoms with van der Waals surface area (Å²) in [6.45, 7) is 7.00. The van der Waals surface area contributed by atoms with E-state index in [1.54, 1.807) is 6.07 Å². The molecule has 1 aromatic heterocycles. The van der Waals surface area contributed by atoms with Crippen LogP contribution in [0.1, 0.15) is 67.3 Å². The molecule has 2 rings (SSSR count). The van der Waals surface area contributed by atoms with Crippen LogP contribution < -0.4 is 5.32 Å². The molecular weight excluding hydrogens is 292 g/mol. The summed E-state index contributed by atoms with van der Waals surface area (Å²) in [6, 6.07) is 2.07. The van der Waals surface area contributed by atoms with Crippen LogP contribution >= 0.6 is 0 Å².